The first-order valence-electron chi connectivity index (χ1n) is 9.06. The van der Waals surface area contributed by atoms with Crippen LogP contribution in [0.2, 0.25) is 0 Å². The molecule has 152 valence electrons. The van der Waals surface area contributed by atoms with Crippen molar-refractivity contribution in [2.24, 2.45) is 5.92 Å². The fourth-order valence-electron chi connectivity index (χ4n) is 3.10. The van der Waals surface area contributed by atoms with Gasteiger partial charge in [0, 0.05) is 17.3 Å². The summed E-state index contributed by atoms with van der Waals surface area (Å²) < 4.78 is 27.6. The molecule has 3 N–H and O–H groups in total. The lowest BCUT2D eigenvalue weighted by Crippen LogP contribution is -2.48. The molecule has 6 nitrogen and oxygen atoms in total. The molecule has 2 atom stereocenters. The Labute approximate surface area is 172 Å². The van der Waals surface area contributed by atoms with Gasteiger partial charge < -0.3 is 10.6 Å². The van der Waals surface area contributed by atoms with E-state index >= 15 is 0 Å². The van der Waals surface area contributed by atoms with Gasteiger partial charge >= 0.3 is 0 Å². The number of amides is 1. The van der Waals surface area contributed by atoms with Crippen LogP contribution in [0.3, 0.4) is 0 Å². The molecule has 2 unspecified atom stereocenters. The number of nitrogens with one attached hydrogen (secondary N) is 3. The summed E-state index contributed by atoms with van der Waals surface area (Å²) in [4.78, 5) is 12.6. The molecular formula is C20H26ClN3O3S. The van der Waals surface area contributed by atoms with Gasteiger partial charge in [0.15, 0.2) is 0 Å². The van der Waals surface area contributed by atoms with Gasteiger partial charge in [-0.15, -0.1) is 12.4 Å². The van der Waals surface area contributed by atoms with E-state index < -0.39 is 10.0 Å². The fourth-order valence-corrected chi connectivity index (χ4v) is 4.16. The fraction of sp³-hybridized carbons (Fsp3) is 0.350. The van der Waals surface area contributed by atoms with E-state index in [-0.39, 0.29) is 29.3 Å². The molecule has 28 heavy (non-hydrogen) atoms. The molecule has 3 rings (SSSR count). The van der Waals surface area contributed by atoms with Crippen LogP contribution in [0.25, 0.3) is 0 Å². The first kappa shape index (κ1) is 22.2. The maximum absolute atomic E-state index is 12.5. The molecule has 0 bridgehead atoms. The topological polar surface area (TPSA) is 87.3 Å². The van der Waals surface area contributed by atoms with Crippen molar-refractivity contribution in [3.05, 3.63) is 59.7 Å². The second kappa shape index (κ2) is 9.41. The van der Waals surface area contributed by atoms with Crippen molar-refractivity contribution in [3.8, 4) is 0 Å². The maximum atomic E-state index is 12.5. The summed E-state index contributed by atoms with van der Waals surface area (Å²) >= 11 is 0. The first-order valence-corrected chi connectivity index (χ1v) is 10.5. The van der Waals surface area contributed by atoms with Gasteiger partial charge in [-0.05, 0) is 68.8 Å². The van der Waals surface area contributed by atoms with Gasteiger partial charge in [0.05, 0.1) is 4.90 Å². The van der Waals surface area contributed by atoms with Gasteiger partial charge in [0.1, 0.15) is 0 Å². The number of sulfonamides is 1. The smallest absolute Gasteiger partial charge is 0.261 e. The standard InChI is InChI=1S/C20H25N3O3S.ClH/c1-14-3-7-17(8-4-14)23-27(25,26)18-9-5-16(6-10-18)20(24)22-19-11-12-21-13-15(19)2;/h3-10,15,19,21,23H,11-13H2,1-2H3,(H,22,24);1H. The normalized spacial score (nSPS) is 19.4. The average Bonchev–Trinajstić information content (AvgIpc) is 2.65. The predicted octanol–water partition coefficient (Wildman–Crippen LogP) is 2.95. The van der Waals surface area contributed by atoms with Crippen molar-refractivity contribution in [2.45, 2.75) is 31.2 Å². The molecule has 0 aromatic heterocycles. The molecular weight excluding hydrogens is 398 g/mol. The van der Waals surface area contributed by atoms with E-state index in [1.807, 2.05) is 19.1 Å². The number of carbonyl (C=O) groups is 1. The highest BCUT2D eigenvalue weighted by Gasteiger charge is 2.23. The van der Waals surface area contributed by atoms with E-state index in [1.54, 1.807) is 24.3 Å². The van der Waals surface area contributed by atoms with Crippen LogP contribution in [0.15, 0.2) is 53.4 Å². The zero-order valence-electron chi connectivity index (χ0n) is 15.9. The molecule has 1 aliphatic rings. The minimum absolute atomic E-state index is 0. The zero-order valence-corrected chi connectivity index (χ0v) is 17.6. The number of hydrogen-bond donors (Lipinski definition) is 3. The number of piperidine rings is 1. The van der Waals surface area contributed by atoms with E-state index in [0.717, 1.165) is 25.1 Å². The van der Waals surface area contributed by atoms with Crippen LogP contribution < -0.4 is 15.4 Å². The van der Waals surface area contributed by atoms with Crippen LogP contribution in [0.5, 0.6) is 0 Å². The molecule has 1 heterocycles. The second-order valence-electron chi connectivity index (χ2n) is 7.05. The third-order valence-corrected chi connectivity index (χ3v) is 6.23. The summed E-state index contributed by atoms with van der Waals surface area (Å²) in [6, 6.07) is 13.2. The maximum Gasteiger partial charge on any atom is 0.261 e. The lowest BCUT2D eigenvalue weighted by molar-refractivity contribution is 0.0914. The Kier molecular flexibility index (Phi) is 7.46. The number of benzene rings is 2. The predicted molar refractivity (Wildman–Crippen MR) is 114 cm³/mol. The van der Waals surface area contributed by atoms with Gasteiger partial charge in [-0.3, -0.25) is 9.52 Å². The van der Waals surface area contributed by atoms with E-state index in [2.05, 4.69) is 22.3 Å². The number of aryl methyl sites for hydroxylation is 1. The van der Waals surface area contributed by atoms with Gasteiger partial charge in [-0.2, -0.15) is 0 Å². The second-order valence-corrected chi connectivity index (χ2v) is 8.73. The van der Waals surface area contributed by atoms with E-state index in [1.165, 1.54) is 12.1 Å². The molecule has 1 fully saturated rings. The Morgan fingerprint density at radius 1 is 1.07 bits per heavy atom. The Morgan fingerprint density at radius 2 is 1.71 bits per heavy atom. The highest BCUT2D eigenvalue weighted by atomic mass is 35.5. The van der Waals surface area contributed by atoms with Crippen LogP contribution >= 0.6 is 12.4 Å². The van der Waals surface area contributed by atoms with E-state index in [4.69, 9.17) is 0 Å². The molecule has 1 aliphatic heterocycles. The molecule has 8 heteroatoms. The number of halogens is 1. The Balaban J connectivity index is 0.00000280. The molecule has 1 saturated heterocycles. The first-order chi connectivity index (χ1) is 12.8. The molecule has 2 aromatic rings. The summed E-state index contributed by atoms with van der Waals surface area (Å²) in [5, 5.41) is 6.34. The van der Waals surface area contributed by atoms with Crippen molar-refractivity contribution in [2.75, 3.05) is 17.8 Å². The number of carbonyl (C=O) groups excluding carboxylic acids is 1. The van der Waals surface area contributed by atoms with Crippen LogP contribution in [-0.4, -0.2) is 33.5 Å². The largest absolute Gasteiger partial charge is 0.349 e. The highest BCUT2D eigenvalue weighted by Crippen LogP contribution is 2.18. The van der Waals surface area contributed by atoms with Gasteiger partial charge in [0.25, 0.3) is 15.9 Å². The van der Waals surface area contributed by atoms with E-state index in [9.17, 15) is 13.2 Å². The van der Waals surface area contributed by atoms with Crippen LogP contribution in [0, 0.1) is 12.8 Å². The van der Waals surface area contributed by atoms with Crippen molar-refractivity contribution in [3.63, 3.8) is 0 Å². The monoisotopic (exact) mass is 423 g/mol. The summed E-state index contributed by atoms with van der Waals surface area (Å²) in [5.41, 5.74) is 2.01. The average molecular weight is 424 g/mol. The summed E-state index contributed by atoms with van der Waals surface area (Å²) in [5.74, 6) is 0.185. The van der Waals surface area contributed by atoms with Crippen molar-refractivity contribution >= 4 is 34.0 Å². The molecule has 2 aromatic carbocycles. The minimum Gasteiger partial charge on any atom is -0.349 e. The van der Waals surface area contributed by atoms with Crippen LogP contribution in [-0.2, 0) is 10.0 Å². The molecule has 0 aliphatic carbocycles. The summed E-state index contributed by atoms with van der Waals surface area (Å²) in [7, 11) is -3.69. The molecule has 0 radical (unpaired) electrons. The van der Waals surface area contributed by atoms with E-state index in [0.29, 0.717) is 17.2 Å². The number of anilines is 1. The third kappa shape index (κ3) is 5.47. The molecule has 0 saturated carbocycles. The zero-order chi connectivity index (χ0) is 19.4. The Morgan fingerprint density at radius 3 is 2.32 bits per heavy atom. The van der Waals surface area contributed by atoms with Gasteiger partial charge in [-0.1, -0.05) is 24.6 Å². The summed E-state index contributed by atoms with van der Waals surface area (Å²) in [6.07, 6.45) is 0.889. The van der Waals surface area contributed by atoms with Crippen molar-refractivity contribution in [1.82, 2.24) is 10.6 Å². The quantitative estimate of drug-likeness (QED) is 0.690. The highest BCUT2D eigenvalue weighted by molar-refractivity contribution is 7.92. The van der Waals surface area contributed by atoms with Gasteiger partial charge in [0.2, 0.25) is 0 Å². The third-order valence-electron chi connectivity index (χ3n) is 4.83. The lowest BCUT2D eigenvalue weighted by atomic mass is 9.95. The molecule has 0 spiro atoms. The van der Waals surface area contributed by atoms with Gasteiger partial charge in [-0.25, -0.2) is 8.42 Å². The van der Waals surface area contributed by atoms with Crippen molar-refractivity contribution < 1.29 is 13.2 Å². The van der Waals surface area contributed by atoms with Crippen LogP contribution in [0.1, 0.15) is 29.3 Å². The Hall–Kier alpha value is -2.09. The van der Waals surface area contributed by atoms with Crippen LogP contribution in [0.4, 0.5) is 5.69 Å². The SMILES string of the molecule is Cc1ccc(NS(=O)(=O)c2ccc(C(=O)NC3CCNCC3C)cc2)cc1.Cl. The number of hydrogen-bond acceptors (Lipinski definition) is 4. The summed E-state index contributed by atoms with van der Waals surface area (Å²) in [6.45, 7) is 5.81. The lowest BCUT2D eigenvalue weighted by Gasteiger charge is -2.30. The van der Waals surface area contributed by atoms with Crippen molar-refractivity contribution in [1.29, 1.82) is 0 Å². The number of rotatable bonds is 5. The Bertz CT molecular complexity index is 899. The molecule has 1 amide bonds. The minimum atomic E-state index is -3.69.